The number of benzene rings is 2. The van der Waals surface area contributed by atoms with E-state index in [2.05, 4.69) is 34.5 Å². The Hall–Kier alpha value is -1.55. The number of hydrogen-bond acceptors (Lipinski definition) is 3. The third kappa shape index (κ3) is 4.01. The fourth-order valence-corrected chi connectivity index (χ4v) is 2.88. The van der Waals surface area contributed by atoms with E-state index in [1.807, 2.05) is 24.3 Å². The number of anilines is 1. The van der Waals surface area contributed by atoms with E-state index in [0.29, 0.717) is 0 Å². The predicted molar refractivity (Wildman–Crippen MR) is 91.3 cm³/mol. The number of ether oxygens (including phenoxy) is 1. The van der Waals surface area contributed by atoms with Gasteiger partial charge in [-0.25, -0.2) is 0 Å². The molecule has 1 fully saturated rings. The minimum atomic E-state index is 0.758. The van der Waals surface area contributed by atoms with Gasteiger partial charge in [-0.2, -0.15) is 0 Å². The number of halogens is 1. The van der Waals surface area contributed by atoms with Crippen molar-refractivity contribution in [1.29, 1.82) is 0 Å². The molecule has 0 aliphatic carbocycles. The lowest BCUT2D eigenvalue weighted by atomic mass is 10.1. The molecule has 1 saturated heterocycles. The van der Waals surface area contributed by atoms with Crippen LogP contribution in [0.4, 0.5) is 5.69 Å². The molecule has 1 aliphatic heterocycles. The molecule has 1 N–H and O–H groups in total. The van der Waals surface area contributed by atoms with E-state index in [1.165, 1.54) is 11.1 Å². The molecule has 0 aromatic heterocycles. The summed E-state index contributed by atoms with van der Waals surface area (Å²) in [4.78, 5) is 2.44. The number of morpholine rings is 1. The van der Waals surface area contributed by atoms with E-state index in [0.717, 1.165) is 50.1 Å². The molecule has 3 rings (SSSR count). The van der Waals surface area contributed by atoms with Crippen molar-refractivity contribution in [3.63, 3.8) is 0 Å². The first-order valence-corrected chi connectivity index (χ1v) is 8.06. The van der Waals surface area contributed by atoms with Crippen LogP contribution >= 0.6 is 11.6 Å². The second-order valence-electron chi connectivity index (χ2n) is 5.49. The Morgan fingerprint density at radius 2 is 1.64 bits per heavy atom. The lowest BCUT2D eigenvalue weighted by Gasteiger charge is -2.27. The Balaban J connectivity index is 1.67. The van der Waals surface area contributed by atoms with Gasteiger partial charge in [-0.1, -0.05) is 48.0 Å². The first-order chi connectivity index (χ1) is 10.8. The Bertz CT molecular complexity index is 612. The molecule has 0 unspecified atom stereocenters. The number of para-hydroxylation sites is 1. The van der Waals surface area contributed by atoms with E-state index >= 15 is 0 Å². The minimum Gasteiger partial charge on any atom is -0.380 e. The summed E-state index contributed by atoms with van der Waals surface area (Å²) < 4.78 is 5.42. The van der Waals surface area contributed by atoms with Gasteiger partial charge >= 0.3 is 0 Å². The average molecular weight is 317 g/mol. The predicted octanol–water partition coefficient (Wildman–Crippen LogP) is 3.78. The first kappa shape index (κ1) is 15.3. The fourth-order valence-electron chi connectivity index (χ4n) is 2.68. The normalized spacial score (nSPS) is 15.7. The number of nitrogens with zero attached hydrogens (tertiary/aromatic N) is 1. The summed E-state index contributed by atoms with van der Waals surface area (Å²) in [5.41, 5.74) is 3.66. The van der Waals surface area contributed by atoms with Gasteiger partial charge < -0.3 is 10.1 Å². The smallest absolute Gasteiger partial charge is 0.0637 e. The maximum Gasteiger partial charge on any atom is 0.0637 e. The van der Waals surface area contributed by atoms with Gasteiger partial charge in [0.1, 0.15) is 0 Å². The maximum atomic E-state index is 6.20. The Labute approximate surface area is 136 Å². The fraction of sp³-hybridized carbons (Fsp3) is 0.333. The third-order valence-electron chi connectivity index (χ3n) is 3.96. The van der Waals surface area contributed by atoms with Gasteiger partial charge in [0.25, 0.3) is 0 Å². The number of nitrogens with one attached hydrogen (secondary N) is 1. The summed E-state index contributed by atoms with van der Waals surface area (Å²) in [7, 11) is 0. The zero-order valence-corrected chi connectivity index (χ0v) is 13.4. The molecule has 3 nitrogen and oxygen atoms in total. The monoisotopic (exact) mass is 316 g/mol. The van der Waals surface area contributed by atoms with Gasteiger partial charge in [0, 0.05) is 26.2 Å². The Morgan fingerprint density at radius 3 is 2.41 bits per heavy atom. The maximum absolute atomic E-state index is 6.20. The zero-order chi connectivity index (χ0) is 15.2. The second kappa shape index (κ2) is 7.63. The molecule has 0 radical (unpaired) electrons. The highest BCUT2D eigenvalue weighted by molar-refractivity contribution is 6.33. The molecule has 1 heterocycles. The van der Waals surface area contributed by atoms with Gasteiger partial charge in [0.05, 0.1) is 23.9 Å². The molecule has 2 aromatic carbocycles. The first-order valence-electron chi connectivity index (χ1n) is 7.68. The van der Waals surface area contributed by atoms with Crippen molar-refractivity contribution < 1.29 is 4.74 Å². The van der Waals surface area contributed by atoms with Crippen LogP contribution in [-0.2, 0) is 17.8 Å². The van der Waals surface area contributed by atoms with Crippen molar-refractivity contribution in [2.24, 2.45) is 0 Å². The van der Waals surface area contributed by atoms with E-state index < -0.39 is 0 Å². The summed E-state index contributed by atoms with van der Waals surface area (Å²) in [6, 6.07) is 16.4. The van der Waals surface area contributed by atoms with Gasteiger partial charge in [-0.05, 0) is 23.3 Å². The summed E-state index contributed by atoms with van der Waals surface area (Å²) in [5, 5.41) is 4.19. The van der Waals surface area contributed by atoms with Crippen LogP contribution in [-0.4, -0.2) is 31.2 Å². The quantitative estimate of drug-likeness (QED) is 0.908. The SMILES string of the molecule is Clc1ccccc1NCc1ccccc1CN1CCOCC1. The summed E-state index contributed by atoms with van der Waals surface area (Å²) in [5.74, 6) is 0. The van der Waals surface area contributed by atoms with Crippen LogP contribution in [0.25, 0.3) is 0 Å². The minimum absolute atomic E-state index is 0.758. The summed E-state index contributed by atoms with van der Waals surface area (Å²) in [6.07, 6.45) is 0. The largest absolute Gasteiger partial charge is 0.380 e. The van der Waals surface area contributed by atoms with Gasteiger partial charge in [-0.3, -0.25) is 4.90 Å². The Morgan fingerprint density at radius 1 is 0.955 bits per heavy atom. The van der Waals surface area contributed by atoms with Crippen LogP contribution in [0.1, 0.15) is 11.1 Å². The lowest BCUT2D eigenvalue weighted by molar-refractivity contribution is 0.0341. The van der Waals surface area contributed by atoms with E-state index in [-0.39, 0.29) is 0 Å². The van der Waals surface area contributed by atoms with Crippen molar-refractivity contribution >= 4 is 17.3 Å². The molecule has 1 aliphatic rings. The highest BCUT2D eigenvalue weighted by atomic mass is 35.5. The van der Waals surface area contributed by atoms with Crippen LogP contribution in [0.2, 0.25) is 5.02 Å². The van der Waals surface area contributed by atoms with Gasteiger partial charge in [-0.15, -0.1) is 0 Å². The summed E-state index contributed by atoms with van der Waals surface area (Å²) in [6.45, 7) is 5.44. The average Bonchev–Trinajstić information content (AvgIpc) is 2.56. The van der Waals surface area contributed by atoms with Crippen LogP contribution < -0.4 is 5.32 Å². The molecule has 116 valence electrons. The van der Waals surface area contributed by atoms with Crippen LogP contribution in [0.5, 0.6) is 0 Å². The molecule has 0 spiro atoms. The molecule has 22 heavy (non-hydrogen) atoms. The van der Waals surface area contributed by atoms with Crippen molar-refractivity contribution in [3.05, 3.63) is 64.7 Å². The lowest BCUT2D eigenvalue weighted by Crippen LogP contribution is -2.35. The second-order valence-corrected chi connectivity index (χ2v) is 5.90. The van der Waals surface area contributed by atoms with Crippen molar-refractivity contribution in [2.75, 3.05) is 31.6 Å². The molecule has 4 heteroatoms. The molecule has 2 aromatic rings. The van der Waals surface area contributed by atoms with E-state index in [9.17, 15) is 0 Å². The van der Waals surface area contributed by atoms with Gasteiger partial charge in [0.15, 0.2) is 0 Å². The molecular formula is C18H21ClN2O. The van der Waals surface area contributed by atoms with Crippen molar-refractivity contribution in [3.8, 4) is 0 Å². The van der Waals surface area contributed by atoms with Crippen LogP contribution in [0.3, 0.4) is 0 Å². The van der Waals surface area contributed by atoms with Crippen molar-refractivity contribution in [1.82, 2.24) is 4.90 Å². The standard InChI is InChI=1S/C18H21ClN2O/c19-17-7-3-4-8-18(17)20-13-15-5-1-2-6-16(15)14-21-9-11-22-12-10-21/h1-8,20H,9-14H2. The Kier molecular flexibility index (Phi) is 5.33. The zero-order valence-electron chi connectivity index (χ0n) is 12.6. The van der Waals surface area contributed by atoms with E-state index in [4.69, 9.17) is 16.3 Å². The topological polar surface area (TPSA) is 24.5 Å². The molecule has 0 saturated carbocycles. The molecule has 0 atom stereocenters. The van der Waals surface area contributed by atoms with Gasteiger partial charge in [0.2, 0.25) is 0 Å². The van der Waals surface area contributed by atoms with Crippen molar-refractivity contribution in [2.45, 2.75) is 13.1 Å². The highest BCUT2D eigenvalue weighted by Crippen LogP contribution is 2.22. The third-order valence-corrected chi connectivity index (χ3v) is 4.29. The molecule has 0 amide bonds. The van der Waals surface area contributed by atoms with Crippen LogP contribution in [0.15, 0.2) is 48.5 Å². The molecular weight excluding hydrogens is 296 g/mol. The van der Waals surface area contributed by atoms with Crippen LogP contribution in [0, 0.1) is 0 Å². The number of rotatable bonds is 5. The van der Waals surface area contributed by atoms with E-state index in [1.54, 1.807) is 0 Å². The highest BCUT2D eigenvalue weighted by Gasteiger charge is 2.12. The summed E-state index contributed by atoms with van der Waals surface area (Å²) >= 11 is 6.20. The molecule has 0 bridgehead atoms. The number of hydrogen-bond donors (Lipinski definition) is 1.